The summed E-state index contributed by atoms with van der Waals surface area (Å²) in [4.78, 5) is 37.5. The lowest BCUT2D eigenvalue weighted by atomic mass is 9.95. The summed E-state index contributed by atoms with van der Waals surface area (Å²) in [6.07, 6.45) is 4.88. The zero-order valence-electron chi connectivity index (χ0n) is 15.0. The normalized spacial score (nSPS) is 15.5. The summed E-state index contributed by atoms with van der Waals surface area (Å²) in [7, 11) is 0. The van der Waals surface area contributed by atoms with Gasteiger partial charge >= 0.3 is 11.9 Å². The predicted molar refractivity (Wildman–Crippen MR) is 96.5 cm³/mol. The van der Waals surface area contributed by atoms with Crippen molar-refractivity contribution in [2.45, 2.75) is 32.6 Å². The SMILES string of the molecule is CCOC(=O)c1c(NC(=O)COC(=O)C2=COCCO2)sc2c1CCCC2. The third-order valence-corrected chi connectivity index (χ3v) is 5.30. The summed E-state index contributed by atoms with van der Waals surface area (Å²) < 4.78 is 20.1. The van der Waals surface area contributed by atoms with E-state index in [1.807, 2.05) is 0 Å². The Labute approximate surface area is 160 Å². The van der Waals surface area contributed by atoms with Crippen LogP contribution in [-0.2, 0) is 41.4 Å². The molecular weight excluding hydrogens is 374 g/mol. The maximum absolute atomic E-state index is 12.4. The second-order valence-electron chi connectivity index (χ2n) is 5.96. The summed E-state index contributed by atoms with van der Waals surface area (Å²) in [6.45, 7) is 2.10. The molecule has 1 aliphatic heterocycles. The molecule has 27 heavy (non-hydrogen) atoms. The fourth-order valence-electron chi connectivity index (χ4n) is 2.91. The molecule has 0 atom stereocenters. The van der Waals surface area contributed by atoms with Crippen LogP contribution in [-0.4, -0.2) is 44.3 Å². The fourth-order valence-corrected chi connectivity index (χ4v) is 4.21. The summed E-state index contributed by atoms with van der Waals surface area (Å²) >= 11 is 1.38. The Hall–Kier alpha value is -2.55. The molecule has 1 amide bonds. The predicted octanol–water partition coefficient (Wildman–Crippen LogP) is 2.17. The van der Waals surface area contributed by atoms with Crippen molar-refractivity contribution in [2.24, 2.45) is 0 Å². The molecule has 1 aromatic heterocycles. The number of rotatable bonds is 6. The van der Waals surface area contributed by atoms with Crippen LogP contribution in [0.25, 0.3) is 0 Å². The maximum atomic E-state index is 12.4. The zero-order valence-corrected chi connectivity index (χ0v) is 15.8. The van der Waals surface area contributed by atoms with Crippen LogP contribution in [0.3, 0.4) is 0 Å². The molecule has 0 aromatic carbocycles. The van der Waals surface area contributed by atoms with Crippen LogP contribution >= 0.6 is 11.3 Å². The molecule has 8 nitrogen and oxygen atoms in total. The van der Waals surface area contributed by atoms with Crippen molar-refractivity contribution in [1.82, 2.24) is 0 Å². The smallest absolute Gasteiger partial charge is 0.377 e. The van der Waals surface area contributed by atoms with Crippen molar-refractivity contribution in [2.75, 3.05) is 31.7 Å². The highest BCUT2D eigenvalue weighted by atomic mass is 32.1. The van der Waals surface area contributed by atoms with Crippen molar-refractivity contribution in [3.8, 4) is 0 Å². The minimum Gasteiger partial charge on any atom is -0.493 e. The van der Waals surface area contributed by atoms with Crippen LogP contribution in [0.15, 0.2) is 12.0 Å². The molecule has 3 rings (SSSR count). The first-order valence-electron chi connectivity index (χ1n) is 8.83. The van der Waals surface area contributed by atoms with Crippen molar-refractivity contribution in [3.63, 3.8) is 0 Å². The molecule has 0 saturated carbocycles. The van der Waals surface area contributed by atoms with Crippen LogP contribution in [0.5, 0.6) is 0 Å². The van der Waals surface area contributed by atoms with Gasteiger partial charge < -0.3 is 24.3 Å². The molecule has 2 aliphatic rings. The van der Waals surface area contributed by atoms with Crippen molar-refractivity contribution in [3.05, 3.63) is 28.0 Å². The van der Waals surface area contributed by atoms with Crippen molar-refractivity contribution in [1.29, 1.82) is 0 Å². The van der Waals surface area contributed by atoms with Crippen LogP contribution in [0.4, 0.5) is 5.00 Å². The van der Waals surface area contributed by atoms with Gasteiger partial charge in [0, 0.05) is 4.88 Å². The van der Waals surface area contributed by atoms with Gasteiger partial charge in [0.2, 0.25) is 5.76 Å². The summed E-state index contributed by atoms with van der Waals surface area (Å²) in [5.74, 6) is -1.83. The number of carbonyl (C=O) groups excluding carboxylic acids is 3. The number of nitrogens with one attached hydrogen (secondary N) is 1. The minimum atomic E-state index is -0.777. The van der Waals surface area contributed by atoms with Crippen LogP contribution in [0, 0.1) is 0 Å². The summed E-state index contributed by atoms with van der Waals surface area (Å²) in [5.41, 5.74) is 1.37. The van der Waals surface area contributed by atoms with E-state index in [2.05, 4.69) is 5.32 Å². The molecule has 2 heterocycles. The number of ether oxygens (including phenoxy) is 4. The van der Waals surface area contributed by atoms with Gasteiger partial charge in [-0.3, -0.25) is 4.79 Å². The van der Waals surface area contributed by atoms with Crippen molar-refractivity contribution >= 4 is 34.2 Å². The molecule has 1 aromatic rings. The highest BCUT2D eigenvalue weighted by Crippen LogP contribution is 2.38. The van der Waals surface area contributed by atoms with E-state index in [4.69, 9.17) is 18.9 Å². The Morgan fingerprint density at radius 2 is 1.96 bits per heavy atom. The quantitative estimate of drug-likeness (QED) is 0.737. The van der Waals surface area contributed by atoms with Crippen LogP contribution in [0.1, 0.15) is 40.6 Å². The second kappa shape index (κ2) is 8.90. The van der Waals surface area contributed by atoms with E-state index < -0.39 is 24.5 Å². The molecule has 0 spiro atoms. The van der Waals surface area contributed by atoms with Crippen LogP contribution < -0.4 is 5.32 Å². The number of carbonyl (C=O) groups is 3. The zero-order chi connectivity index (χ0) is 19.2. The van der Waals surface area contributed by atoms with Gasteiger partial charge in [-0.05, 0) is 38.2 Å². The number of esters is 2. The van der Waals surface area contributed by atoms with Gasteiger partial charge in [-0.25, -0.2) is 9.59 Å². The molecule has 0 saturated heterocycles. The highest BCUT2D eigenvalue weighted by molar-refractivity contribution is 7.17. The average molecular weight is 395 g/mol. The standard InChI is InChI=1S/C18H21NO7S/c1-2-24-18(22)15-11-5-3-4-6-13(11)27-16(15)19-14(20)10-26-17(21)12-9-23-7-8-25-12/h9H,2-8,10H2,1H3,(H,19,20). The third kappa shape index (κ3) is 4.60. The molecule has 0 unspecified atom stereocenters. The van der Waals surface area contributed by atoms with Gasteiger partial charge in [0.1, 0.15) is 24.5 Å². The molecule has 0 radical (unpaired) electrons. The van der Waals surface area contributed by atoms with Crippen molar-refractivity contribution < 1.29 is 33.3 Å². The number of anilines is 1. The average Bonchev–Trinajstić information content (AvgIpc) is 3.04. The van der Waals surface area contributed by atoms with Gasteiger partial charge in [-0.2, -0.15) is 0 Å². The second-order valence-corrected chi connectivity index (χ2v) is 7.07. The first-order chi connectivity index (χ1) is 13.1. The number of thiophene rings is 1. The Morgan fingerprint density at radius 1 is 1.15 bits per heavy atom. The van der Waals surface area contributed by atoms with E-state index in [0.29, 0.717) is 17.2 Å². The Balaban J connectivity index is 1.66. The lowest BCUT2D eigenvalue weighted by Gasteiger charge is -2.14. The molecule has 146 valence electrons. The van der Waals surface area contributed by atoms with Gasteiger partial charge in [-0.1, -0.05) is 0 Å². The van der Waals surface area contributed by atoms with Crippen LogP contribution in [0.2, 0.25) is 0 Å². The lowest BCUT2D eigenvalue weighted by molar-refractivity contribution is -0.148. The Kier molecular flexibility index (Phi) is 6.33. The molecule has 9 heteroatoms. The first-order valence-corrected chi connectivity index (χ1v) is 9.65. The largest absolute Gasteiger partial charge is 0.493 e. The van der Waals surface area contributed by atoms with Gasteiger partial charge in [0.05, 0.1) is 12.2 Å². The number of aryl methyl sites for hydroxylation is 1. The van der Waals surface area contributed by atoms with E-state index >= 15 is 0 Å². The van der Waals surface area contributed by atoms with E-state index in [1.165, 1.54) is 11.3 Å². The summed E-state index contributed by atoms with van der Waals surface area (Å²) in [5, 5.41) is 3.12. The number of fused-ring (bicyclic) bond motifs is 1. The molecular formula is C18H21NO7S. The Morgan fingerprint density at radius 3 is 2.70 bits per heavy atom. The first kappa shape index (κ1) is 19.2. The summed E-state index contributed by atoms with van der Waals surface area (Å²) in [6, 6.07) is 0. The molecule has 1 aliphatic carbocycles. The molecule has 1 N–H and O–H groups in total. The third-order valence-electron chi connectivity index (χ3n) is 4.09. The highest BCUT2D eigenvalue weighted by Gasteiger charge is 2.27. The topological polar surface area (TPSA) is 100 Å². The Bertz CT molecular complexity index is 768. The number of amides is 1. The maximum Gasteiger partial charge on any atom is 0.377 e. The minimum absolute atomic E-state index is 0.0761. The monoisotopic (exact) mass is 395 g/mol. The van der Waals surface area contributed by atoms with E-state index in [9.17, 15) is 14.4 Å². The van der Waals surface area contributed by atoms with Gasteiger partial charge in [0.15, 0.2) is 6.61 Å². The number of hydrogen-bond donors (Lipinski definition) is 1. The van der Waals surface area contributed by atoms with E-state index in [0.717, 1.165) is 42.4 Å². The fraction of sp³-hybridized carbons (Fsp3) is 0.500. The van der Waals surface area contributed by atoms with Gasteiger partial charge in [0.25, 0.3) is 5.91 Å². The molecule has 0 fully saturated rings. The van der Waals surface area contributed by atoms with Gasteiger partial charge in [-0.15, -0.1) is 11.3 Å². The molecule has 0 bridgehead atoms. The number of hydrogen-bond acceptors (Lipinski definition) is 8. The van der Waals surface area contributed by atoms with E-state index in [1.54, 1.807) is 6.92 Å². The lowest BCUT2D eigenvalue weighted by Crippen LogP contribution is -2.24. The van der Waals surface area contributed by atoms with E-state index in [-0.39, 0.29) is 19.0 Å².